The van der Waals surface area contributed by atoms with Gasteiger partial charge in [-0.25, -0.2) is 14.6 Å². The molecule has 8 nitrogen and oxygen atoms in total. The number of anilines is 1. The first kappa shape index (κ1) is 13.9. The van der Waals surface area contributed by atoms with E-state index < -0.39 is 0 Å². The van der Waals surface area contributed by atoms with Crippen molar-refractivity contribution in [3.05, 3.63) is 41.2 Å². The van der Waals surface area contributed by atoms with Crippen LogP contribution in [0.1, 0.15) is 12.8 Å². The van der Waals surface area contributed by atoms with Crippen LogP contribution in [0.2, 0.25) is 0 Å². The maximum atomic E-state index is 11.9. The van der Waals surface area contributed by atoms with Crippen LogP contribution in [0.4, 0.5) is 5.82 Å². The van der Waals surface area contributed by atoms with Crippen molar-refractivity contribution >= 4 is 16.9 Å². The highest BCUT2D eigenvalue weighted by Gasteiger charge is 2.28. The zero-order chi connectivity index (χ0) is 15.8. The van der Waals surface area contributed by atoms with Crippen molar-refractivity contribution in [1.29, 1.82) is 0 Å². The lowest BCUT2D eigenvalue weighted by molar-refractivity contribution is 0.487. The van der Waals surface area contributed by atoms with E-state index in [4.69, 9.17) is 0 Å². The van der Waals surface area contributed by atoms with Crippen LogP contribution in [0.3, 0.4) is 0 Å². The Kier molecular flexibility index (Phi) is 3.29. The third-order valence-corrected chi connectivity index (χ3v) is 4.33. The number of aryl methyl sites for hydroxylation is 1. The summed E-state index contributed by atoms with van der Waals surface area (Å²) in [4.78, 5) is 22.9. The fraction of sp³-hybridized carbons (Fsp3) is 0.400. The zero-order valence-corrected chi connectivity index (χ0v) is 12.8. The molecule has 1 atom stereocenters. The van der Waals surface area contributed by atoms with Crippen molar-refractivity contribution in [2.24, 2.45) is 7.05 Å². The maximum Gasteiger partial charge on any atom is 0.266 e. The fourth-order valence-electron chi connectivity index (χ4n) is 3.21. The Bertz CT molecular complexity index is 900. The standard InChI is InChI=1S/C15H17N7O/c1-20-14-12(8-19-20)15(17-10-16-14)21-7-3-4-11(21)9-22-13(23)5-2-6-18-22/h2,5-6,8,10-11H,3-4,7,9H2,1H3. The van der Waals surface area contributed by atoms with E-state index in [1.165, 1.54) is 10.7 Å². The minimum atomic E-state index is -0.0754. The first-order valence-corrected chi connectivity index (χ1v) is 7.65. The van der Waals surface area contributed by atoms with Gasteiger partial charge in [-0.1, -0.05) is 0 Å². The second-order valence-corrected chi connectivity index (χ2v) is 5.74. The Labute approximate surface area is 132 Å². The molecule has 4 rings (SSSR count). The predicted octanol–water partition coefficient (Wildman–Crippen LogP) is 0.589. The van der Waals surface area contributed by atoms with Gasteiger partial charge in [0.25, 0.3) is 5.56 Å². The molecular weight excluding hydrogens is 294 g/mol. The van der Waals surface area contributed by atoms with Crippen LogP contribution in [0.15, 0.2) is 35.6 Å². The van der Waals surface area contributed by atoms with Crippen LogP contribution in [0, 0.1) is 0 Å². The van der Waals surface area contributed by atoms with Gasteiger partial charge in [0.05, 0.1) is 24.2 Å². The molecule has 118 valence electrons. The van der Waals surface area contributed by atoms with Crippen LogP contribution in [-0.2, 0) is 13.6 Å². The molecule has 0 amide bonds. The van der Waals surface area contributed by atoms with Gasteiger partial charge >= 0.3 is 0 Å². The normalized spacial score (nSPS) is 18.0. The summed E-state index contributed by atoms with van der Waals surface area (Å²) in [5, 5.41) is 9.38. The Morgan fingerprint density at radius 1 is 1.30 bits per heavy atom. The maximum absolute atomic E-state index is 11.9. The van der Waals surface area contributed by atoms with Crippen molar-refractivity contribution in [2.75, 3.05) is 11.4 Å². The second-order valence-electron chi connectivity index (χ2n) is 5.74. The molecule has 3 aromatic rings. The molecule has 1 aliphatic heterocycles. The number of aromatic nitrogens is 6. The van der Waals surface area contributed by atoms with E-state index in [1.807, 2.05) is 7.05 Å². The third kappa shape index (κ3) is 2.36. The Balaban J connectivity index is 1.70. The lowest BCUT2D eigenvalue weighted by atomic mass is 10.2. The van der Waals surface area contributed by atoms with Crippen LogP contribution in [0.5, 0.6) is 0 Å². The minimum Gasteiger partial charge on any atom is -0.351 e. The van der Waals surface area contributed by atoms with Crippen LogP contribution in [0.25, 0.3) is 11.0 Å². The molecule has 0 aliphatic carbocycles. The Morgan fingerprint density at radius 2 is 2.22 bits per heavy atom. The van der Waals surface area contributed by atoms with E-state index in [2.05, 4.69) is 25.1 Å². The molecule has 3 aromatic heterocycles. The van der Waals surface area contributed by atoms with Gasteiger partial charge in [-0.2, -0.15) is 10.2 Å². The lowest BCUT2D eigenvalue weighted by Crippen LogP contribution is -2.37. The highest BCUT2D eigenvalue weighted by molar-refractivity contribution is 5.86. The van der Waals surface area contributed by atoms with Gasteiger partial charge in [0.2, 0.25) is 0 Å². The highest BCUT2D eigenvalue weighted by Crippen LogP contribution is 2.29. The minimum absolute atomic E-state index is 0.0754. The third-order valence-electron chi connectivity index (χ3n) is 4.33. The molecule has 0 radical (unpaired) electrons. The number of rotatable bonds is 3. The summed E-state index contributed by atoms with van der Waals surface area (Å²) in [5.74, 6) is 0.884. The van der Waals surface area contributed by atoms with Gasteiger partial charge in [0.1, 0.15) is 12.1 Å². The number of hydrogen-bond donors (Lipinski definition) is 0. The van der Waals surface area contributed by atoms with Crippen molar-refractivity contribution in [2.45, 2.75) is 25.4 Å². The van der Waals surface area contributed by atoms with Gasteiger partial charge in [0.15, 0.2) is 5.65 Å². The van der Waals surface area contributed by atoms with Crippen molar-refractivity contribution < 1.29 is 0 Å². The molecule has 0 bridgehead atoms. The van der Waals surface area contributed by atoms with Gasteiger partial charge in [-0.15, -0.1) is 0 Å². The summed E-state index contributed by atoms with van der Waals surface area (Å²) < 4.78 is 3.26. The number of nitrogens with zero attached hydrogens (tertiary/aromatic N) is 7. The summed E-state index contributed by atoms with van der Waals surface area (Å²) in [6.45, 7) is 1.47. The average Bonchev–Trinajstić information content (AvgIpc) is 3.17. The van der Waals surface area contributed by atoms with Gasteiger partial charge in [-0.3, -0.25) is 9.48 Å². The Hall–Kier alpha value is -2.77. The molecule has 1 saturated heterocycles. The van der Waals surface area contributed by atoms with Crippen LogP contribution in [-0.4, -0.2) is 42.1 Å². The molecule has 4 heterocycles. The predicted molar refractivity (Wildman–Crippen MR) is 85.2 cm³/mol. The van der Waals surface area contributed by atoms with Crippen molar-refractivity contribution in [1.82, 2.24) is 29.5 Å². The second kappa shape index (κ2) is 5.45. The molecule has 0 spiro atoms. The van der Waals surface area contributed by atoms with E-state index in [1.54, 1.807) is 29.5 Å². The number of hydrogen-bond acceptors (Lipinski definition) is 6. The first-order chi connectivity index (χ1) is 11.2. The first-order valence-electron chi connectivity index (χ1n) is 7.65. The molecule has 1 unspecified atom stereocenters. The SMILES string of the molecule is Cn1ncc2c(N3CCCC3Cn3ncccc3=O)ncnc21. The van der Waals surface area contributed by atoms with E-state index in [9.17, 15) is 4.79 Å². The van der Waals surface area contributed by atoms with Crippen molar-refractivity contribution in [3.8, 4) is 0 Å². The highest BCUT2D eigenvalue weighted by atomic mass is 16.1. The monoisotopic (exact) mass is 311 g/mol. The summed E-state index contributed by atoms with van der Waals surface area (Å²) in [5.41, 5.74) is 0.740. The Morgan fingerprint density at radius 3 is 3.09 bits per heavy atom. The molecular formula is C15H17N7O. The summed E-state index contributed by atoms with van der Waals surface area (Å²) in [6.07, 6.45) is 7.09. The van der Waals surface area contributed by atoms with E-state index in [-0.39, 0.29) is 11.6 Å². The van der Waals surface area contributed by atoms with E-state index in [0.29, 0.717) is 6.54 Å². The smallest absolute Gasteiger partial charge is 0.266 e. The van der Waals surface area contributed by atoms with Gasteiger partial charge in [0, 0.05) is 25.9 Å². The quantitative estimate of drug-likeness (QED) is 0.704. The largest absolute Gasteiger partial charge is 0.351 e. The zero-order valence-electron chi connectivity index (χ0n) is 12.8. The molecule has 8 heteroatoms. The van der Waals surface area contributed by atoms with E-state index in [0.717, 1.165) is 36.2 Å². The summed E-state index contributed by atoms with van der Waals surface area (Å²) in [6, 6.07) is 3.39. The summed E-state index contributed by atoms with van der Waals surface area (Å²) in [7, 11) is 1.87. The molecule has 1 fully saturated rings. The van der Waals surface area contributed by atoms with E-state index >= 15 is 0 Å². The van der Waals surface area contributed by atoms with Crippen LogP contribution >= 0.6 is 0 Å². The summed E-state index contributed by atoms with van der Waals surface area (Å²) >= 11 is 0. The molecule has 0 saturated carbocycles. The average molecular weight is 311 g/mol. The van der Waals surface area contributed by atoms with Crippen molar-refractivity contribution in [3.63, 3.8) is 0 Å². The molecule has 0 N–H and O–H groups in total. The van der Waals surface area contributed by atoms with Crippen LogP contribution < -0.4 is 10.5 Å². The topological polar surface area (TPSA) is 81.7 Å². The fourth-order valence-corrected chi connectivity index (χ4v) is 3.21. The molecule has 1 aliphatic rings. The number of fused-ring (bicyclic) bond motifs is 1. The van der Waals surface area contributed by atoms with Gasteiger partial charge in [-0.05, 0) is 18.9 Å². The lowest BCUT2D eigenvalue weighted by Gasteiger charge is -2.26. The van der Waals surface area contributed by atoms with Gasteiger partial charge < -0.3 is 4.90 Å². The molecule has 23 heavy (non-hydrogen) atoms. The molecule has 0 aromatic carbocycles.